The van der Waals surface area contributed by atoms with Crippen LogP contribution in [0.4, 0.5) is 5.13 Å². The number of nitrogens with one attached hydrogen (secondary N) is 2. The molecule has 2 amide bonds. The fourth-order valence-electron chi connectivity index (χ4n) is 1.45. The molecule has 1 aromatic heterocycles. The molecule has 1 saturated carbocycles. The Bertz CT molecular complexity index is 506. The Labute approximate surface area is 126 Å². The van der Waals surface area contributed by atoms with Crippen LogP contribution in [0.15, 0.2) is 4.34 Å². The fourth-order valence-corrected chi connectivity index (χ4v) is 3.01. The molecule has 1 fully saturated rings. The summed E-state index contributed by atoms with van der Waals surface area (Å²) < 4.78 is 0.681. The molecule has 0 aromatic carbocycles. The van der Waals surface area contributed by atoms with Crippen molar-refractivity contribution in [3.8, 4) is 0 Å². The summed E-state index contributed by atoms with van der Waals surface area (Å²) in [6, 6.07) is 0. The molecule has 2 rings (SSSR count). The van der Waals surface area contributed by atoms with E-state index in [2.05, 4.69) is 20.8 Å². The maximum atomic E-state index is 11.7. The first-order valence-corrected chi connectivity index (χ1v) is 8.22. The van der Waals surface area contributed by atoms with Crippen molar-refractivity contribution in [3.63, 3.8) is 0 Å². The molecule has 2 N–H and O–H groups in total. The number of carbonyl (C=O) groups excluding carboxylic acids is 2. The summed E-state index contributed by atoms with van der Waals surface area (Å²) in [7, 11) is 0. The van der Waals surface area contributed by atoms with E-state index in [1.807, 2.05) is 20.8 Å². The van der Waals surface area contributed by atoms with Gasteiger partial charge in [-0.15, -0.1) is 10.2 Å². The molecule has 1 heterocycles. The van der Waals surface area contributed by atoms with Gasteiger partial charge in [-0.05, 0) is 33.6 Å². The van der Waals surface area contributed by atoms with Gasteiger partial charge in [0, 0.05) is 11.5 Å². The normalized spacial score (nSPS) is 14.9. The van der Waals surface area contributed by atoms with E-state index in [0.717, 1.165) is 12.8 Å². The molecule has 0 spiro atoms. The van der Waals surface area contributed by atoms with E-state index in [1.165, 1.54) is 23.1 Å². The van der Waals surface area contributed by atoms with E-state index in [-0.39, 0.29) is 23.3 Å². The van der Waals surface area contributed by atoms with Gasteiger partial charge in [-0.1, -0.05) is 23.1 Å². The zero-order valence-corrected chi connectivity index (χ0v) is 13.4. The highest BCUT2D eigenvalue weighted by molar-refractivity contribution is 8.01. The van der Waals surface area contributed by atoms with Crippen LogP contribution in [0.1, 0.15) is 33.6 Å². The summed E-state index contributed by atoms with van der Waals surface area (Å²) in [6.07, 6.45) is 1.92. The molecule has 1 aliphatic carbocycles. The highest BCUT2D eigenvalue weighted by Gasteiger charge is 2.30. The van der Waals surface area contributed by atoms with E-state index in [4.69, 9.17) is 0 Å². The van der Waals surface area contributed by atoms with Crippen molar-refractivity contribution >= 4 is 40.0 Å². The lowest BCUT2D eigenvalue weighted by Gasteiger charge is -2.19. The van der Waals surface area contributed by atoms with Gasteiger partial charge >= 0.3 is 0 Å². The Morgan fingerprint density at radius 2 is 2.05 bits per heavy atom. The summed E-state index contributed by atoms with van der Waals surface area (Å²) in [5, 5.41) is 14.0. The van der Waals surface area contributed by atoms with Crippen LogP contribution in [0.25, 0.3) is 0 Å². The van der Waals surface area contributed by atoms with Crippen molar-refractivity contribution in [1.29, 1.82) is 0 Å². The predicted molar refractivity (Wildman–Crippen MR) is 79.9 cm³/mol. The van der Waals surface area contributed by atoms with Crippen molar-refractivity contribution in [1.82, 2.24) is 15.5 Å². The van der Waals surface area contributed by atoms with Crippen molar-refractivity contribution in [2.24, 2.45) is 5.92 Å². The summed E-state index contributed by atoms with van der Waals surface area (Å²) in [5.41, 5.74) is -0.234. The van der Waals surface area contributed by atoms with Crippen LogP contribution in [-0.2, 0) is 9.59 Å². The van der Waals surface area contributed by atoms with Gasteiger partial charge in [-0.25, -0.2) is 0 Å². The number of anilines is 1. The molecule has 0 radical (unpaired) electrons. The van der Waals surface area contributed by atoms with Gasteiger partial charge in [0.2, 0.25) is 16.9 Å². The molecule has 8 heteroatoms. The highest BCUT2D eigenvalue weighted by atomic mass is 32.2. The number of nitrogens with zero attached hydrogens (tertiary/aromatic N) is 2. The van der Waals surface area contributed by atoms with Crippen molar-refractivity contribution in [2.45, 2.75) is 43.5 Å². The Morgan fingerprint density at radius 3 is 2.65 bits per heavy atom. The Hall–Kier alpha value is -1.15. The molecule has 0 unspecified atom stereocenters. The summed E-state index contributed by atoms with van der Waals surface area (Å²) in [5.74, 6) is 0.416. The predicted octanol–water partition coefficient (Wildman–Crippen LogP) is 1.89. The first-order chi connectivity index (χ1) is 9.33. The van der Waals surface area contributed by atoms with Crippen LogP contribution < -0.4 is 10.6 Å². The largest absolute Gasteiger partial charge is 0.351 e. The third-order valence-corrected chi connectivity index (χ3v) is 4.40. The minimum atomic E-state index is -0.234. The Balaban J connectivity index is 1.77. The van der Waals surface area contributed by atoms with Crippen LogP contribution in [-0.4, -0.2) is 33.3 Å². The van der Waals surface area contributed by atoms with Crippen LogP contribution in [0.5, 0.6) is 0 Å². The van der Waals surface area contributed by atoms with Gasteiger partial charge in [-0.3, -0.25) is 9.59 Å². The molecular weight excluding hydrogens is 296 g/mol. The average Bonchev–Trinajstić information content (AvgIpc) is 3.07. The monoisotopic (exact) mass is 314 g/mol. The number of aromatic nitrogens is 2. The van der Waals surface area contributed by atoms with Crippen LogP contribution in [0.3, 0.4) is 0 Å². The third kappa shape index (κ3) is 5.09. The van der Waals surface area contributed by atoms with Crippen molar-refractivity contribution in [2.75, 3.05) is 11.1 Å². The maximum absolute atomic E-state index is 11.7. The second-order valence-electron chi connectivity index (χ2n) is 5.72. The van der Waals surface area contributed by atoms with E-state index in [9.17, 15) is 9.59 Å². The topological polar surface area (TPSA) is 84.0 Å². The van der Waals surface area contributed by atoms with Crippen LogP contribution in [0.2, 0.25) is 0 Å². The summed E-state index contributed by atoms with van der Waals surface area (Å²) >= 11 is 2.62. The average molecular weight is 314 g/mol. The molecule has 6 nitrogen and oxygen atoms in total. The molecule has 0 atom stereocenters. The summed E-state index contributed by atoms with van der Waals surface area (Å²) in [4.78, 5) is 23.2. The molecule has 1 aliphatic rings. The van der Waals surface area contributed by atoms with Gasteiger partial charge in [0.25, 0.3) is 0 Å². The lowest BCUT2D eigenvalue weighted by Crippen LogP contribution is -2.41. The summed E-state index contributed by atoms with van der Waals surface area (Å²) in [6.45, 7) is 5.81. The second-order valence-corrected chi connectivity index (χ2v) is 7.92. The number of thioether (sulfide) groups is 1. The Kier molecular flexibility index (Phi) is 4.64. The second kappa shape index (κ2) is 6.09. The number of amides is 2. The first-order valence-electron chi connectivity index (χ1n) is 6.42. The first kappa shape index (κ1) is 15.2. The lowest BCUT2D eigenvalue weighted by atomic mass is 10.1. The lowest BCUT2D eigenvalue weighted by molar-refractivity contribution is -0.120. The molecule has 20 heavy (non-hydrogen) atoms. The number of carbonyl (C=O) groups is 2. The zero-order chi connectivity index (χ0) is 14.8. The van der Waals surface area contributed by atoms with Gasteiger partial charge in [-0.2, -0.15) is 0 Å². The molecule has 0 aliphatic heterocycles. The third-order valence-electron chi connectivity index (χ3n) is 2.43. The SMILES string of the molecule is CC(C)(C)NC(=O)CSc1nnc(NC(=O)C2CC2)s1. The van der Waals surface area contributed by atoms with E-state index >= 15 is 0 Å². The van der Waals surface area contributed by atoms with E-state index < -0.39 is 0 Å². The number of rotatable bonds is 5. The number of hydrogen-bond acceptors (Lipinski definition) is 6. The van der Waals surface area contributed by atoms with Crippen LogP contribution in [0, 0.1) is 5.92 Å². The fraction of sp³-hybridized carbons (Fsp3) is 0.667. The molecule has 0 bridgehead atoms. The van der Waals surface area contributed by atoms with Crippen molar-refractivity contribution < 1.29 is 9.59 Å². The van der Waals surface area contributed by atoms with Gasteiger partial charge < -0.3 is 10.6 Å². The zero-order valence-electron chi connectivity index (χ0n) is 11.7. The smallest absolute Gasteiger partial charge is 0.230 e. The minimum absolute atomic E-state index is 0.0168. The maximum Gasteiger partial charge on any atom is 0.230 e. The molecule has 1 aromatic rings. The van der Waals surface area contributed by atoms with Crippen molar-refractivity contribution in [3.05, 3.63) is 0 Å². The standard InChI is InChI=1S/C12H18N4O2S2/c1-12(2,3)14-8(17)6-19-11-16-15-10(20-11)13-9(18)7-4-5-7/h7H,4-6H2,1-3H3,(H,14,17)(H,13,15,18). The van der Waals surface area contributed by atoms with Crippen LogP contribution >= 0.6 is 23.1 Å². The van der Waals surface area contributed by atoms with Gasteiger partial charge in [0.15, 0.2) is 4.34 Å². The van der Waals surface area contributed by atoms with E-state index in [0.29, 0.717) is 15.2 Å². The highest BCUT2D eigenvalue weighted by Crippen LogP contribution is 2.31. The van der Waals surface area contributed by atoms with Gasteiger partial charge in [0.05, 0.1) is 5.75 Å². The van der Waals surface area contributed by atoms with E-state index in [1.54, 1.807) is 0 Å². The quantitative estimate of drug-likeness (QED) is 0.640. The van der Waals surface area contributed by atoms with Gasteiger partial charge in [0.1, 0.15) is 0 Å². The molecule has 110 valence electrons. The Morgan fingerprint density at radius 1 is 1.35 bits per heavy atom. The molecular formula is C12H18N4O2S2. The number of hydrogen-bond donors (Lipinski definition) is 2. The molecule has 0 saturated heterocycles. The minimum Gasteiger partial charge on any atom is -0.351 e.